The summed E-state index contributed by atoms with van der Waals surface area (Å²) in [6, 6.07) is 14.5. The number of hydrogen-bond donors (Lipinski definition) is 1. The Kier molecular flexibility index (Phi) is 4.54. The van der Waals surface area contributed by atoms with Gasteiger partial charge in [-0.1, -0.05) is 41.4 Å². The molecule has 3 rings (SSSR count). The minimum absolute atomic E-state index is 0.482. The summed E-state index contributed by atoms with van der Waals surface area (Å²) in [5.41, 5.74) is 4.06. The monoisotopic (exact) mass is 319 g/mol. The normalized spacial score (nSPS) is 22.2. The van der Waals surface area contributed by atoms with E-state index < -0.39 is 0 Å². The molecule has 0 saturated carbocycles. The topological polar surface area (TPSA) is 12.0 Å². The van der Waals surface area contributed by atoms with Crippen LogP contribution in [0.25, 0.3) is 0 Å². The molecule has 3 heteroatoms. The summed E-state index contributed by atoms with van der Waals surface area (Å²) >= 11 is 12.1. The van der Waals surface area contributed by atoms with E-state index in [1.807, 2.05) is 18.2 Å². The standard InChI is InChI=1S/C18H19Cl2N/c1-12-10-15(20)6-7-16(12)17-8-9-21-11-18(17)13-2-4-14(19)5-3-13/h2-7,10,17-18,21H,8-9,11H2,1H3. The lowest BCUT2D eigenvalue weighted by Crippen LogP contribution is -2.34. The molecule has 0 amide bonds. The number of rotatable bonds is 2. The Labute approximate surface area is 136 Å². The number of halogens is 2. The minimum Gasteiger partial charge on any atom is -0.316 e. The van der Waals surface area contributed by atoms with Crippen LogP contribution in [-0.2, 0) is 0 Å². The van der Waals surface area contributed by atoms with Gasteiger partial charge in [0.25, 0.3) is 0 Å². The van der Waals surface area contributed by atoms with Crippen molar-refractivity contribution >= 4 is 23.2 Å². The Bertz CT molecular complexity index is 622. The second-order valence-electron chi connectivity index (χ2n) is 5.76. The van der Waals surface area contributed by atoms with E-state index in [0.29, 0.717) is 11.8 Å². The van der Waals surface area contributed by atoms with Crippen LogP contribution in [0.4, 0.5) is 0 Å². The zero-order valence-electron chi connectivity index (χ0n) is 12.1. The first kappa shape index (κ1) is 14.9. The Balaban J connectivity index is 1.96. The quantitative estimate of drug-likeness (QED) is 0.805. The van der Waals surface area contributed by atoms with Gasteiger partial charge in [-0.15, -0.1) is 0 Å². The number of piperidine rings is 1. The highest BCUT2D eigenvalue weighted by molar-refractivity contribution is 6.30. The van der Waals surface area contributed by atoms with Gasteiger partial charge in [0.15, 0.2) is 0 Å². The van der Waals surface area contributed by atoms with Crippen LogP contribution in [0.5, 0.6) is 0 Å². The van der Waals surface area contributed by atoms with Gasteiger partial charge in [-0.05, 0) is 66.8 Å². The van der Waals surface area contributed by atoms with Crippen LogP contribution in [0.15, 0.2) is 42.5 Å². The molecule has 1 nitrogen and oxygen atoms in total. The number of benzene rings is 2. The maximum atomic E-state index is 6.10. The molecule has 2 atom stereocenters. The van der Waals surface area contributed by atoms with E-state index in [2.05, 4.69) is 36.5 Å². The van der Waals surface area contributed by atoms with Crippen LogP contribution in [0.2, 0.25) is 10.0 Å². The van der Waals surface area contributed by atoms with Gasteiger partial charge in [0.1, 0.15) is 0 Å². The van der Waals surface area contributed by atoms with Crippen molar-refractivity contribution < 1.29 is 0 Å². The molecule has 1 saturated heterocycles. The smallest absolute Gasteiger partial charge is 0.0408 e. The Hall–Kier alpha value is -1.02. The summed E-state index contributed by atoms with van der Waals surface area (Å²) in [7, 11) is 0. The average Bonchev–Trinajstić information content (AvgIpc) is 2.48. The summed E-state index contributed by atoms with van der Waals surface area (Å²) < 4.78 is 0. The third-order valence-corrected chi connectivity index (χ3v) is 4.90. The second kappa shape index (κ2) is 6.39. The summed E-state index contributed by atoms with van der Waals surface area (Å²) in [5.74, 6) is 1.01. The fraction of sp³-hybridized carbons (Fsp3) is 0.333. The predicted molar refractivity (Wildman–Crippen MR) is 90.6 cm³/mol. The molecule has 0 bridgehead atoms. The zero-order chi connectivity index (χ0) is 14.8. The molecular formula is C18H19Cl2N. The third kappa shape index (κ3) is 3.26. The van der Waals surface area contributed by atoms with Crippen molar-refractivity contribution in [1.82, 2.24) is 5.32 Å². The molecule has 21 heavy (non-hydrogen) atoms. The van der Waals surface area contributed by atoms with Gasteiger partial charge in [0.05, 0.1) is 0 Å². The Morgan fingerprint density at radius 2 is 1.67 bits per heavy atom. The van der Waals surface area contributed by atoms with Gasteiger partial charge in [-0.3, -0.25) is 0 Å². The highest BCUT2D eigenvalue weighted by atomic mass is 35.5. The zero-order valence-corrected chi connectivity index (χ0v) is 13.6. The van der Waals surface area contributed by atoms with E-state index in [-0.39, 0.29) is 0 Å². The van der Waals surface area contributed by atoms with Crippen LogP contribution < -0.4 is 5.32 Å². The third-order valence-electron chi connectivity index (χ3n) is 4.41. The summed E-state index contributed by atoms with van der Waals surface area (Å²) in [5, 5.41) is 5.13. The predicted octanol–water partition coefficient (Wildman–Crippen LogP) is 5.16. The van der Waals surface area contributed by atoms with E-state index in [1.165, 1.54) is 16.7 Å². The first-order valence-corrected chi connectivity index (χ1v) is 8.13. The summed E-state index contributed by atoms with van der Waals surface area (Å²) in [6.45, 7) is 4.23. The van der Waals surface area contributed by atoms with Crippen molar-refractivity contribution in [2.24, 2.45) is 0 Å². The van der Waals surface area contributed by atoms with E-state index in [9.17, 15) is 0 Å². The lowest BCUT2D eigenvalue weighted by Gasteiger charge is -2.34. The van der Waals surface area contributed by atoms with E-state index >= 15 is 0 Å². The number of nitrogens with one attached hydrogen (secondary N) is 1. The molecule has 0 spiro atoms. The van der Waals surface area contributed by atoms with Gasteiger partial charge in [-0.2, -0.15) is 0 Å². The molecule has 2 aromatic carbocycles. The highest BCUT2D eigenvalue weighted by Crippen LogP contribution is 2.39. The first-order chi connectivity index (χ1) is 10.1. The summed E-state index contributed by atoms with van der Waals surface area (Å²) in [4.78, 5) is 0. The number of hydrogen-bond acceptors (Lipinski definition) is 1. The largest absolute Gasteiger partial charge is 0.316 e. The van der Waals surface area contributed by atoms with Crippen molar-refractivity contribution in [3.05, 3.63) is 69.2 Å². The molecular weight excluding hydrogens is 301 g/mol. The molecule has 2 unspecified atom stereocenters. The van der Waals surface area contributed by atoms with Gasteiger partial charge >= 0.3 is 0 Å². The molecule has 1 fully saturated rings. The van der Waals surface area contributed by atoms with Crippen molar-refractivity contribution in [1.29, 1.82) is 0 Å². The molecule has 0 aromatic heterocycles. The van der Waals surface area contributed by atoms with Crippen molar-refractivity contribution in [3.8, 4) is 0 Å². The van der Waals surface area contributed by atoms with Gasteiger partial charge in [-0.25, -0.2) is 0 Å². The van der Waals surface area contributed by atoms with Crippen LogP contribution in [-0.4, -0.2) is 13.1 Å². The van der Waals surface area contributed by atoms with Crippen molar-refractivity contribution in [3.63, 3.8) is 0 Å². The molecule has 0 aliphatic carbocycles. The fourth-order valence-electron chi connectivity index (χ4n) is 3.35. The highest BCUT2D eigenvalue weighted by Gasteiger charge is 2.28. The molecule has 1 heterocycles. The van der Waals surface area contributed by atoms with Crippen LogP contribution >= 0.6 is 23.2 Å². The van der Waals surface area contributed by atoms with Crippen molar-refractivity contribution in [2.75, 3.05) is 13.1 Å². The number of aryl methyl sites for hydroxylation is 1. The van der Waals surface area contributed by atoms with Crippen molar-refractivity contribution in [2.45, 2.75) is 25.2 Å². The lowest BCUT2D eigenvalue weighted by atomic mass is 9.76. The van der Waals surface area contributed by atoms with Gasteiger partial charge in [0, 0.05) is 22.5 Å². The van der Waals surface area contributed by atoms with E-state index in [4.69, 9.17) is 23.2 Å². The second-order valence-corrected chi connectivity index (χ2v) is 6.63. The van der Waals surface area contributed by atoms with E-state index in [0.717, 1.165) is 29.6 Å². The Morgan fingerprint density at radius 1 is 0.952 bits per heavy atom. The molecule has 1 aliphatic rings. The van der Waals surface area contributed by atoms with Crippen LogP contribution in [0.3, 0.4) is 0 Å². The molecule has 1 N–H and O–H groups in total. The first-order valence-electron chi connectivity index (χ1n) is 7.37. The maximum absolute atomic E-state index is 6.10. The molecule has 2 aromatic rings. The van der Waals surface area contributed by atoms with E-state index in [1.54, 1.807) is 0 Å². The maximum Gasteiger partial charge on any atom is 0.0408 e. The van der Waals surface area contributed by atoms with Gasteiger partial charge < -0.3 is 5.32 Å². The average molecular weight is 320 g/mol. The van der Waals surface area contributed by atoms with Crippen LogP contribution in [0.1, 0.15) is 34.9 Å². The van der Waals surface area contributed by atoms with Crippen LogP contribution in [0, 0.1) is 6.92 Å². The minimum atomic E-state index is 0.482. The lowest BCUT2D eigenvalue weighted by molar-refractivity contribution is 0.403. The fourth-order valence-corrected chi connectivity index (χ4v) is 3.70. The summed E-state index contributed by atoms with van der Waals surface area (Å²) in [6.07, 6.45) is 1.15. The molecule has 1 aliphatic heterocycles. The molecule has 0 radical (unpaired) electrons. The SMILES string of the molecule is Cc1cc(Cl)ccc1C1CCNCC1c1ccc(Cl)cc1. The molecule has 110 valence electrons. The van der Waals surface area contributed by atoms with Gasteiger partial charge in [0.2, 0.25) is 0 Å². The Morgan fingerprint density at radius 3 is 2.38 bits per heavy atom.